The molecule has 2 rings (SSSR count). The zero-order valence-corrected chi connectivity index (χ0v) is 15.7. The molecule has 0 aliphatic carbocycles. The van der Waals surface area contributed by atoms with Crippen LogP contribution in [0.3, 0.4) is 0 Å². The number of anilines is 1. The van der Waals surface area contributed by atoms with Gasteiger partial charge in [-0.2, -0.15) is 5.10 Å². The first-order valence-electron chi connectivity index (χ1n) is 7.25. The van der Waals surface area contributed by atoms with Crippen molar-refractivity contribution >= 4 is 35.6 Å². The molecule has 24 heavy (non-hydrogen) atoms. The number of nitrogens with two attached hydrogens (primary N) is 1. The Morgan fingerprint density at radius 3 is 2.62 bits per heavy atom. The molecule has 0 aliphatic heterocycles. The van der Waals surface area contributed by atoms with Gasteiger partial charge < -0.3 is 15.8 Å². The molecule has 3 N–H and O–H groups in total. The molecule has 0 saturated carbocycles. The summed E-state index contributed by atoms with van der Waals surface area (Å²) >= 11 is 5.99. The van der Waals surface area contributed by atoms with E-state index in [4.69, 9.17) is 22.1 Å². The maximum Gasteiger partial charge on any atom is 0.255 e. The minimum absolute atomic E-state index is 0. The van der Waals surface area contributed by atoms with Gasteiger partial charge in [0.15, 0.2) is 0 Å². The van der Waals surface area contributed by atoms with Gasteiger partial charge in [-0.15, -0.1) is 12.4 Å². The number of benzene rings is 1. The van der Waals surface area contributed by atoms with Crippen LogP contribution in [0.4, 0.5) is 5.69 Å². The molecule has 6 nitrogen and oxygen atoms in total. The standard InChI is InChI=1S/C16H21ClN4O2.ClH/c1-9-11(10(2)21(3)20-9)5-6-19-16(22)12-7-13(17)14(18)8-15(12)23-4;/h7-8H,5-6,18H2,1-4H3,(H,19,22);1H. The molecule has 0 aliphatic rings. The first-order valence-corrected chi connectivity index (χ1v) is 7.63. The normalized spacial score (nSPS) is 10.2. The topological polar surface area (TPSA) is 82.2 Å². The van der Waals surface area contributed by atoms with Crippen LogP contribution in [0, 0.1) is 13.8 Å². The van der Waals surface area contributed by atoms with Crippen molar-refractivity contribution in [3.05, 3.63) is 39.7 Å². The van der Waals surface area contributed by atoms with Crippen molar-refractivity contribution in [1.29, 1.82) is 0 Å². The maximum absolute atomic E-state index is 12.3. The highest BCUT2D eigenvalue weighted by Crippen LogP contribution is 2.28. The SMILES string of the molecule is COc1cc(N)c(Cl)cc1C(=O)NCCc1c(C)nn(C)c1C.Cl. The number of nitrogens with one attached hydrogen (secondary N) is 1. The van der Waals surface area contributed by atoms with Crippen molar-refractivity contribution in [3.8, 4) is 5.75 Å². The minimum atomic E-state index is -0.247. The van der Waals surface area contributed by atoms with Gasteiger partial charge >= 0.3 is 0 Å². The Balaban J connectivity index is 0.00000288. The number of nitrogen functional groups attached to an aromatic ring is 1. The summed E-state index contributed by atoms with van der Waals surface area (Å²) in [6, 6.07) is 3.07. The largest absolute Gasteiger partial charge is 0.496 e. The summed E-state index contributed by atoms with van der Waals surface area (Å²) in [5, 5.41) is 7.57. The number of carbonyl (C=O) groups excluding carboxylic acids is 1. The molecule has 0 unspecified atom stereocenters. The fraction of sp³-hybridized carbons (Fsp3) is 0.375. The molecular weight excluding hydrogens is 351 g/mol. The van der Waals surface area contributed by atoms with E-state index in [2.05, 4.69) is 10.4 Å². The molecule has 0 bridgehead atoms. The highest BCUT2D eigenvalue weighted by molar-refractivity contribution is 6.33. The lowest BCUT2D eigenvalue weighted by molar-refractivity contribution is 0.0951. The van der Waals surface area contributed by atoms with E-state index in [1.807, 2.05) is 25.6 Å². The summed E-state index contributed by atoms with van der Waals surface area (Å²) in [5.41, 5.74) is 9.70. The summed E-state index contributed by atoms with van der Waals surface area (Å²) in [6.45, 7) is 4.48. The zero-order chi connectivity index (χ0) is 17.1. The lowest BCUT2D eigenvalue weighted by Gasteiger charge is -2.11. The van der Waals surface area contributed by atoms with E-state index in [0.29, 0.717) is 35.0 Å². The van der Waals surface area contributed by atoms with Crippen LogP contribution in [-0.4, -0.2) is 29.3 Å². The Bertz CT molecular complexity index is 744. The minimum Gasteiger partial charge on any atom is -0.496 e. The third kappa shape index (κ3) is 4.13. The lowest BCUT2D eigenvalue weighted by Crippen LogP contribution is -2.26. The van der Waals surface area contributed by atoms with Gasteiger partial charge in [0, 0.05) is 25.4 Å². The summed E-state index contributed by atoms with van der Waals surface area (Å²) in [6.07, 6.45) is 0.711. The number of hydrogen-bond donors (Lipinski definition) is 2. The van der Waals surface area contributed by atoms with Gasteiger partial charge in [0.25, 0.3) is 5.91 Å². The van der Waals surface area contributed by atoms with Gasteiger partial charge in [0.1, 0.15) is 5.75 Å². The Morgan fingerprint density at radius 2 is 2.08 bits per heavy atom. The van der Waals surface area contributed by atoms with Gasteiger partial charge in [-0.05, 0) is 31.9 Å². The summed E-state index contributed by atoms with van der Waals surface area (Å²) in [4.78, 5) is 12.3. The van der Waals surface area contributed by atoms with Crippen LogP contribution < -0.4 is 15.8 Å². The van der Waals surface area contributed by atoms with Gasteiger partial charge in [-0.3, -0.25) is 9.48 Å². The highest BCUT2D eigenvalue weighted by atomic mass is 35.5. The van der Waals surface area contributed by atoms with Crippen molar-refractivity contribution in [2.24, 2.45) is 7.05 Å². The first-order chi connectivity index (χ1) is 10.8. The molecule has 0 fully saturated rings. The number of rotatable bonds is 5. The number of nitrogens with zero attached hydrogens (tertiary/aromatic N) is 2. The average molecular weight is 373 g/mol. The molecule has 1 heterocycles. The van der Waals surface area contributed by atoms with Crippen molar-refractivity contribution < 1.29 is 9.53 Å². The van der Waals surface area contributed by atoms with E-state index in [9.17, 15) is 4.79 Å². The van der Waals surface area contributed by atoms with E-state index in [1.54, 1.807) is 6.07 Å². The quantitative estimate of drug-likeness (QED) is 0.790. The fourth-order valence-corrected chi connectivity index (χ4v) is 2.65. The van der Waals surface area contributed by atoms with Crippen LogP contribution in [0.1, 0.15) is 27.3 Å². The number of carbonyl (C=O) groups is 1. The molecule has 0 radical (unpaired) electrons. The molecule has 0 saturated heterocycles. The van der Waals surface area contributed by atoms with E-state index < -0.39 is 0 Å². The molecule has 0 spiro atoms. The Morgan fingerprint density at radius 1 is 1.42 bits per heavy atom. The Kier molecular flexibility index (Phi) is 6.93. The lowest BCUT2D eigenvalue weighted by atomic mass is 10.1. The smallest absolute Gasteiger partial charge is 0.255 e. The number of amides is 1. The molecule has 1 aromatic carbocycles. The molecule has 1 amide bonds. The Hall–Kier alpha value is -1.92. The summed E-state index contributed by atoms with van der Waals surface area (Å²) in [7, 11) is 3.40. The third-order valence-electron chi connectivity index (χ3n) is 3.88. The van der Waals surface area contributed by atoms with E-state index in [0.717, 1.165) is 17.0 Å². The number of hydrogen-bond acceptors (Lipinski definition) is 4. The number of ether oxygens (including phenoxy) is 1. The van der Waals surface area contributed by atoms with E-state index >= 15 is 0 Å². The second kappa shape index (κ2) is 8.26. The molecular formula is C16H22Cl2N4O2. The van der Waals surface area contributed by atoms with Crippen molar-refractivity contribution in [2.75, 3.05) is 19.4 Å². The van der Waals surface area contributed by atoms with Gasteiger partial charge in [-0.25, -0.2) is 0 Å². The highest BCUT2D eigenvalue weighted by Gasteiger charge is 2.15. The van der Waals surface area contributed by atoms with E-state index in [1.165, 1.54) is 13.2 Å². The molecule has 1 aromatic heterocycles. The second-order valence-electron chi connectivity index (χ2n) is 5.35. The van der Waals surface area contributed by atoms with E-state index in [-0.39, 0.29) is 18.3 Å². The predicted octanol–water partition coefficient (Wildman–Crippen LogP) is 2.68. The first kappa shape index (κ1) is 20.1. The average Bonchev–Trinajstić information content (AvgIpc) is 2.75. The summed E-state index contributed by atoms with van der Waals surface area (Å²) in [5.74, 6) is 0.154. The zero-order valence-electron chi connectivity index (χ0n) is 14.1. The van der Waals surface area contributed by atoms with Crippen molar-refractivity contribution in [3.63, 3.8) is 0 Å². The van der Waals surface area contributed by atoms with Crippen LogP contribution in [-0.2, 0) is 13.5 Å². The van der Waals surface area contributed by atoms with Crippen molar-refractivity contribution in [1.82, 2.24) is 15.1 Å². The maximum atomic E-state index is 12.3. The molecule has 0 atom stereocenters. The third-order valence-corrected chi connectivity index (χ3v) is 4.21. The van der Waals surface area contributed by atoms with Gasteiger partial charge in [0.05, 0.1) is 29.1 Å². The van der Waals surface area contributed by atoms with Gasteiger partial charge in [-0.1, -0.05) is 11.6 Å². The Labute approximate surface area is 152 Å². The molecule has 132 valence electrons. The van der Waals surface area contributed by atoms with Gasteiger partial charge in [0.2, 0.25) is 0 Å². The number of aryl methyl sites for hydroxylation is 2. The van der Waals surface area contributed by atoms with Crippen LogP contribution in [0.2, 0.25) is 5.02 Å². The number of halogens is 2. The van der Waals surface area contributed by atoms with Crippen LogP contribution in [0.15, 0.2) is 12.1 Å². The van der Waals surface area contributed by atoms with Crippen molar-refractivity contribution in [2.45, 2.75) is 20.3 Å². The van der Waals surface area contributed by atoms with Crippen LogP contribution in [0.5, 0.6) is 5.75 Å². The summed E-state index contributed by atoms with van der Waals surface area (Å²) < 4.78 is 7.04. The predicted molar refractivity (Wildman–Crippen MR) is 98.4 cm³/mol. The fourth-order valence-electron chi connectivity index (χ4n) is 2.49. The molecule has 8 heteroatoms. The van der Waals surface area contributed by atoms with Crippen LogP contribution >= 0.6 is 24.0 Å². The second-order valence-corrected chi connectivity index (χ2v) is 5.76. The number of methoxy groups -OCH3 is 1. The van der Waals surface area contributed by atoms with Crippen LogP contribution in [0.25, 0.3) is 0 Å². The molecule has 2 aromatic rings. The number of aromatic nitrogens is 2. The monoisotopic (exact) mass is 372 g/mol.